The number of ether oxygens (including phenoxy) is 1. The molecule has 2 aromatic heterocycles. The lowest BCUT2D eigenvalue weighted by Crippen LogP contribution is -2.37. The molecule has 0 radical (unpaired) electrons. The lowest BCUT2D eigenvalue weighted by Gasteiger charge is -2.31. The van der Waals surface area contributed by atoms with E-state index in [0.29, 0.717) is 24.0 Å². The van der Waals surface area contributed by atoms with Crippen LogP contribution < -0.4 is 4.90 Å². The summed E-state index contributed by atoms with van der Waals surface area (Å²) in [5.41, 5.74) is 2.53. The van der Waals surface area contributed by atoms with Gasteiger partial charge < -0.3 is 14.2 Å². The molecule has 3 aromatic rings. The molecule has 8 nitrogen and oxygen atoms in total. The normalized spacial score (nSPS) is 14.8. The van der Waals surface area contributed by atoms with Crippen LogP contribution in [0.4, 0.5) is 5.82 Å². The lowest BCUT2D eigenvalue weighted by molar-refractivity contribution is -0.148. The summed E-state index contributed by atoms with van der Waals surface area (Å²) in [5.74, 6) is 1.51. The van der Waals surface area contributed by atoms with Crippen LogP contribution in [0.5, 0.6) is 0 Å². The molecular formula is C21H23N5O3. The lowest BCUT2D eigenvalue weighted by atomic mass is 9.97. The Bertz CT molecular complexity index is 978. The topological polar surface area (TPSA) is 94.2 Å². The maximum Gasteiger partial charge on any atom is 0.309 e. The highest BCUT2D eigenvalue weighted by molar-refractivity contribution is 5.72. The van der Waals surface area contributed by atoms with Crippen molar-refractivity contribution in [2.75, 3.05) is 24.6 Å². The fraction of sp³-hybridized carbons (Fsp3) is 0.381. The van der Waals surface area contributed by atoms with Crippen LogP contribution in [0, 0.1) is 12.8 Å². The summed E-state index contributed by atoms with van der Waals surface area (Å²) >= 11 is 0. The third-order valence-electron chi connectivity index (χ3n) is 5.12. The van der Waals surface area contributed by atoms with Crippen molar-refractivity contribution in [1.82, 2.24) is 20.3 Å². The van der Waals surface area contributed by atoms with Gasteiger partial charge in [-0.25, -0.2) is 0 Å². The molecule has 4 rings (SSSR count). The summed E-state index contributed by atoms with van der Waals surface area (Å²) in [6.45, 7) is 5.75. The van der Waals surface area contributed by atoms with E-state index in [1.54, 1.807) is 0 Å². The van der Waals surface area contributed by atoms with E-state index in [-0.39, 0.29) is 11.9 Å². The van der Waals surface area contributed by atoms with Crippen LogP contribution in [-0.4, -0.2) is 46.0 Å². The van der Waals surface area contributed by atoms with Crippen LogP contribution >= 0.6 is 0 Å². The maximum atomic E-state index is 11.9. The van der Waals surface area contributed by atoms with Gasteiger partial charge >= 0.3 is 5.97 Å². The predicted octanol–water partition coefficient (Wildman–Crippen LogP) is 3.28. The Kier molecular flexibility index (Phi) is 5.50. The van der Waals surface area contributed by atoms with E-state index in [1.807, 2.05) is 50.2 Å². The minimum atomic E-state index is -0.102. The van der Waals surface area contributed by atoms with Crippen LogP contribution in [0.15, 0.2) is 40.9 Å². The number of hydrogen-bond acceptors (Lipinski definition) is 8. The van der Waals surface area contributed by atoms with Crippen molar-refractivity contribution in [3.05, 3.63) is 42.0 Å². The van der Waals surface area contributed by atoms with Gasteiger partial charge in [-0.3, -0.25) is 4.79 Å². The van der Waals surface area contributed by atoms with Crippen molar-refractivity contribution in [3.63, 3.8) is 0 Å². The number of aromatic nitrogens is 4. The van der Waals surface area contributed by atoms with Gasteiger partial charge in [0.2, 0.25) is 5.82 Å². The molecule has 1 aliphatic rings. The van der Waals surface area contributed by atoms with Crippen LogP contribution in [-0.2, 0) is 9.53 Å². The van der Waals surface area contributed by atoms with E-state index in [1.165, 1.54) is 0 Å². The molecule has 0 atom stereocenters. The predicted molar refractivity (Wildman–Crippen MR) is 107 cm³/mol. The average molecular weight is 393 g/mol. The van der Waals surface area contributed by atoms with Crippen LogP contribution in [0.3, 0.4) is 0 Å². The van der Waals surface area contributed by atoms with E-state index in [4.69, 9.17) is 9.26 Å². The van der Waals surface area contributed by atoms with Crippen molar-refractivity contribution >= 4 is 11.8 Å². The van der Waals surface area contributed by atoms with Crippen molar-refractivity contribution in [2.24, 2.45) is 5.92 Å². The zero-order chi connectivity index (χ0) is 20.2. The Labute approximate surface area is 168 Å². The van der Waals surface area contributed by atoms with Gasteiger partial charge in [0.25, 0.3) is 5.89 Å². The number of nitrogens with zero attached hydrogens (tertiary/aromatic N) is 5. The first-order valence-corrected chi connectivity index (χ1v) is 9.81. The monoisotopic (exact) mass is 393 g/mol. The van der Waals surface area contributed by atoms with Gasteiger partial charge in [-0.05, 0) is 44.4 Å². The number of carbonyl (C=O) groups excluding carboxylic acids is 1. The van der Waals surface area contributed by atoms with Crippen molar-refractivity contribution < 1.29 is 14.1 Å². The number of esters is 1. The SMILES string of the molecule is CCOC(=O)C1CCN(c2ccc(-c3nc(-c4ccccc4C)no3)nn2)CC1. The number of hydrogen-bond donors (Lipinski definition) is 0. The van der Waals surface area contributed by atoms with Crippen LogP contribution in [0.1, 0.15) is 25.3 Å². The van der Waals surface area contributed by atoms with Gasteiger partial charge in [0.05, 0.1) is 12.5 Å². The minimum Gasteiger partial charge on any atom is -0.466 e. The van der Waals surface area contributed by atoms with Gasteiger partial charge in [-0.15, -0.1) is 10.2 Å². The Morgan fingerprint density at radius 2 is 1.97 bits per heavy atom. The highest BCUT2D eigenvalue weighted by Gasteiger charge is 2.26. The second-order valence-corrected chi connectivity index (χ2v) is 7.03. The molecule has 0 amide bonds. The standard InChI is InChI=1S/C21H23N5O3/c1-3-28-21(27)15-10-12-26(13-11-15)18-9-8-17(23-24-18)20-22-19(25-29-20)16-7-5-4-6-14(16)2/h4-9,15H,3,10-13H2,1-2H3. The molecule has 0 N–H and O–H groups in total. The molecule has 1 aliphatic heterocycles. The largest absolute Gasteiger partial charge is 0.466 e. The number of piperidine rings is 1. The van der Waals surface area contributed by atoms with Gasteiger partial charge in [-0.2, -0.15) is 4.98 Å². The molecule has 150 valence electrons. The molecule has 8 heteroatoms. The van der Waals surface area contributed by atoms with E-state index in [9.17, 15) is 4.79 Å². The zero-order valence-electron chi connectivity index (χ0n) is 16.5. The summed E-state index contributed by atoms with van der Waals surface area (Å²) in [6, 6.07) is 11.6. The highest BCUT2D eigenvalue weighted by Crippen LogP contribution is 2.25. The fourth-order valence-electron chi connectivity index (χ4n) is 3.47. The summed E-state index contributed by atoms with van der Waals surface area (Å²) in [4.78, 5) is 18.5. The van der Waals surface area contributed by atoms with E-state index < -0.39 is 0 Å². The van der Waals surface area contributed by atoms with Gasteiger partial charge in [-0.1, -0.05) is 29.4 Å². The van der Waals surface area contributed by atoms with Crippen molar-refractivity contribution in [1.29, 1.82) is 0 Å². The molecular weight excluding hydrogens is 370 g/mol. The average Bonchev–Trinajstić information content (AvgIpc) is 3.24. The number of aryl methyl sites for hydroxylation is 1. The van der Waals surface area contributed by atoms with Crippen LogP contribution in [0.25, 0.3) is 23.0 Å². The molecule has 1 aromatic carbocycles. The summed E-state index contributed by atoms with van der Waals surface area (Å²) in [5, 5.41) is 12.6. The molecule has 0 saturated carbocycles. The number of rotatable bonds is 5. The number of benzene rings is 1. The fourth-order valence-corrected chi connectivity index (χ4v) is 3.47. The second-order valence-electron chi connectivity index (χ2n) is 7.03. The molecule has 29 heavy (non-hydrogen) atoms. The van der Waals surface area contributed by atoms with Crippen molar-refractivity contribution in [3.8, 4) is 23.0 Å². The van der Waals surface area contributed by atoms with E-state index >= 15 is 0 Å². The first-order chi connectivity index (χ1) is 14.2. The zero-order valence-corrected chi connectivity index (χ0v) is 16.5. The highest BCUT2D eigenvalue weighted by atomic mass is 16.5. The first-order valence-electron chi connectivity index (χ1n) is 9.81. The number of anilines is 1. The van der Waals surface area contributed by atoms with Gasteiger partial charge in [0.15, 0.2) is 11.5 Å². The summed E-state index contributed by atoms with van der Waals surface area (Å²) in [7, 11) is 0. The van der Waals surface area contributed by atoms with E-state index in [0.717, 1.165) is 42.9 Å². The van der Waals surface area contributed by atoms with Gasteiger partial charge in [0, 0.05) is 18.7 Å². The maximum absolute atomic E-state index is 11.9. The molecule has 0 spiro atoms. The van der Waals surface area contributed by atoms with Crippen LogP contribution in [0.2, 0.25) is 0 Å². The Morgan fingerprint density at radius 1 is 1.17 bits per heavy atom. The summed E-state index contributed by atoms with van der Waals surface area (Å²) < 4.78 is 10.5. The van der Waals surface area contributed by atoms with Crippen molar-refractivity contribution in [2.45, 2.75) is 26.7 Å². The summed E-state index contributed by atoms with van der Waals surface area (Å²) in [6.07, 6.45) is 1.51. The molecule has 3 heterocycles. The molecule has 0 bridgehead atoms. The minimum absolute atomic E-state index is 0.0308. The smallest absolute Gasteiger partial charge is 0.309 e. The molecule has 0 unspecified atom stereocenters. The third-order valence-corrected chi connectivity index (χ3v) is 5.12. The second kappa shape index (κ2) is 8.38. The molecule has 0 aliphatic carbocycles. The van der Waals surface area contributed by atoms with Gasteiger partial charge in [0.1, 0.15) is 0 Å². The Hall–Kier alpha value is -3.29. The number of carbonyl (C=O) groups is 1. The Balaban J connectivity index is 1.43. The first kappa shape index (κ1) is 19.0. The molecule has 1 fully saturated rings. The third kappa shape index (κ3) is 4.11. The Morgan fingerprint density at radius 3 is 2.66 bits per heavy atom. The van der Waals surface area contributed by atoms with E-state index in [2.05, 4.69) is 25.2 Å². The quantitative estimate of drug-likeness (QED) is 0.610. The molecule has 1 saturated heterocycles.